The lowest BCUT2D eigenvalue weighted by atomic mass is 9.45. The summed E-state index contributed by atoms with van der Waals surface area (Å²) in [5.41, 5.74) is 0.998. The van der Waals surface area contributed by atoms with Crippen LogP contribution in [0.5, 0.6) is 11.5 Å². The first-order valence-corrected chi connectivity index (χ1v) is 11.8. The molecule has 2 aliphatic carbocycles. The summed E-state index contributed by atoms with van der Waals surface area (Å²) in [7, 11) is 4.03. The summed E-state index contributed by atoms with van der Waals surface area (Å²) >= 11 is 0. The lowest BCUT2D eigenvalue weighted by Gasteiger charge is -2.65. The summed E-state index contributed by atoms with van der Waals surface area (Å²) in [6.45, 7) is 7.32. The first-order valence-electron chi connectivity index (χ1n) is 11.8. The van der Waals surface area contributed by atoms with Crippen molar-refractivity contribution in [3.05, 3.63) is 23.3 Å². The number of ether oxygens (including phenoxy) is 2. The van der Waals surface area contributed by atoms with Gasteiger partial charge in [-0.3, -0.25) is 0 Å². The highest BCUT2D eigenvalue weighted by atomic mass is 16.6. The van der Waals surface area contributed by atoms with Crippen molar-refractivity contribution < 1.29 is 19.7 Å². The fraction of sp³-hybridized carbons (Fsp3) is 0.760. The van der Waals surface area contributed by atoms with Gasteiger partial charge in [-0.1, -0.05) is 26.3 Å². The zero-order chi connectivity index (χ0) is 21.5. The molecule has 0 radical (unpaired) electrons. The van der Waals surface area contributed by atoms with Crippen molar-refractivity contribution in [3.63, 3.8) is 0 Å². The summed E-state index contributed by atoms with van der Waals surface area (Å²) < 4.78 is 13.1. The van der Waals surface area contributed by atoms with Crippen molar-refractivity contribution in [1.82, 2.24) is 4.90 Å². The molecule has 2 fully saturated rings. The first kappa shape index (κ1) is 20.6. The topological polar surface area (TPSA) is 62.2 Å². The van der Waals surface area contributed by atoms with Crippen LogP contribution in [0.4, 0.5) is 0 Å². The van der Waals surface area contributed by atoms with E-state index in [0.717, 1.165) is 45.1 Å². The molecule has 2 aliphatic heterocycles. The Kier molecular flexibility index (Phi) is 4.53. The maximum atomic E-state index is 11.7. The van der Waals surface area contributed by atoms with Gasteiger partial charge in [0.2, 0.25) is 0 Å². The normalized spacial score (nSPS) is 41.1. The number of piperidine rings is 1. The molecule has 2 unspecified atom stereocenters. The van der Waals surface area contributed by atoms with Gasteiger partial charge in [-0.2, -0.15) is 0 Å². The van der Waals surface area contributed by atoms with Crippen molar-refractivity contribution in [3.8, 4) is 11.5 Å². The molecule has 1 aromatic rings. The second-order valence-corrected chi connectivity index (χ2v) is 10.5. The van der Waals surface area contributed by atoms with Crippen LogP contribution in [0.15, 0.2) is 12.1 Å². The Bertz CT molecular complexity index is 848. The van der Waals surface area contributed by atoms with Crippen molar-refractivity contribution in [2.24, 2.45) is 11.8 Å². The summed E-state index contributed by atoms with van der Waals surface area (Å²) in [6, 6.07) is 4.33. The molecule has 7 atom stereocenters. The van der Waals surface area contributed by atoms with E-state index in [1.807, 2.05) is 6.92 Å². The largest absolute Gasteiger partial charge is 0.504 e. The van der Waals surface area contributed by atoms with Crippen LogP contribution in [-0.4, -0.2) is 59.2 Å². The molecule has 1 saturated heterocycles. The van der Waals surface area contributed by atoms with E-state index in [1.54, 1.807) is 13.2 Å². The smallest absolute Gasteiger partial charge is 0.165 e. The lowest BCUT2D eigenvalue weighted by molar-refractivity contribution is -0.241. The zero-order valence-electron chi connectivity index (χ0n) is 19.1. The standard InChI is InChI=1S/C25H37NO4/c1-6-10-23(3,28)19-14-16-17-13-15-8-9-18(27)21-20(15)24(16,11-12-26(17)4)22(30-21)25(19,7-2)29-5/h8-9,16-17,19,22,27-28H,6-7,10-14H2,1-5H3/t16?,17-,19+,22-,23?,24+,25-/m1/s1. The molecule has 1 saturated carbocycles. The number of phenolic OH excluding ortho intramolecular Hbond substituents is 1. The minimum Gasteiger partial charge on any atom is -0.504 e. The number of methoxy groups -OCH3 is 1. The number of hydrogen-bond donors (Lipinski definition) is 2. The monoisotopic (exact) mass is 415 g/mol. The highest BCUT2D eigenvalue weighted by Gasteiger charge is 2.73. The minimum absolute atomic E-state index is 0.0184. The quantitative estimate of drug-likeness (QED) is 0.769. The Morgan fingerprint density at radius 2 is 2.10 bits per heavy atom. The Labute approximate surface area is 180 Å². The molecule has 1 spiro atoms. The van der Waals surface area contributed by atoms with Crippen LogP contribution in [0.1, 0.15) is 64.0 Å². The van der Waals surface area contributed by atoms with Crippen molar-refractivity contribution in [2.75, 3.05) is 20.7 Å². The van der Waals surface area contributed by atoms with E-state index in [2.05, 4.69) is 31.9 Å². The van der Waals surface area contributed by atoms with Gasteiger partial charge in [0.25, 0.3) is 0 Å². The number of likely N-dealkylation sites (tertiary alicyclic amines) is 1. The van der Waals surface area contributed by atoms with Crippen LogP contribution < -0.4 is 4.74 Å². The maximum absolute atomic E-state index is 11.7. The third-order valence-corrected chi connectivity index (χ3v) is 9.35. The maximum Gasteiger partial charge on any atom is 0.165 e. The third kappa shape index (κ3) is 2.29. The SMILES string of the molecule is CCCC(C)(O)[C@@H]1CC2[C@H]3Cc4ccc(O)c5c4[C@@]2(CCN3C)[C@@H](O5)[C@]1(CC)OC. The molecule has 0 amide bonds. The van der Waals surface area contributed by atoms with E-state index in [9.17, 15) is 10.2 Å². The van der Waals surface area contributed by atoms with Crippen LogP contribution in [0.3, 0.4) is 0 Å². The van der Waals surface area contributed by atoms with Gasteiger partial charge in [0.1, 0.15) is 11.7 Å². The van der Waals surface area contributed by atoms with Gasteiger partial charge >= 0.3 is 0 Å². The number of phenols is 1. The number of aliphatic hydroxyl groups is 1. The molecule has 5 nitrogen and oxygen atoms in total. The first-order chi connectivity index (χ1) is 14.3. The van der Waals surface area contributed by atoms with E-state index in [0.29, 0.717) is 17.7 Å². The molecular formula is C25H37NO4. The predicted molar refractivity (Wildman–Crippen MR) is 116 cm³/mol. The number of nitrogens with zero attached hydrogens (tertiary/aromatic N) is 1. The Morgan fingerprint density at radius 1 is 1.33 bits per heavy atom. The van der Waals surface area contributed by atoms with E-state index < -0.39 is 11.2 Å². The average molecular weight is 416 g/mol. The van der Waals surface area contributed by atoms with Crippen LogP contribution in [-0.2, 0) is 16.6 Å². The van der Waals surface area contributed by atoms with E-state index in [4.69, 9.17) is 9.47 Å². The second kappa shape index (κ2) is 6.60. The van der Waals surface area contributed by atoms with Gasteiger partial charge in [0, 0.05) is 30.0 Å². The van der Waals surface area contributed by atoms with Gasteiger partial charge in [0.05, 0.1) is 5.60 Å². The van der Waals surface area contributed by atoms with Gasteiger partial charge in [-0.25, -0.2) is 0 Å². The predicted octanol–water partition coefficient (Wildman–Crippen LogP) is 3.63. The molecule has 0 aromatic heterocycles. The molecule has 5 heteroatoms. The zero-order valence-corrected chi connectivity index (χ0v) is 19.1. The number of rotatable bonds is 5. The van der Waals surface area contributed by atoms with Crippen molar-refractivity contribution in [1.29, 1.82) is 0 Å². The lowest BCUT2D eigenvalue weighted by Crippen LogP contribution is -2.74. The summed E-state index contributed by atoms with van der Waals surface area (Å²) in [5.74, 6) is 1.29. The molecule has 2 bridgehead atoms. The number of likely N-dealkylation sites (N-methyl/N-ethyl adjacent to an activating group) is 1. The van der Waals surface area contributed by atoms with E-state index in [1.165, 1.54) is 11.1 Å². The number of benzene rings is 1. The third-order valence-electron chi connectivity index (χ3n) is 9.35. The highest BCUT2D eigenvalue weighted by Crippen LogP contribution is 2.68. The highest BCUT2D eigenvalue weighted by molar-refractivity contribution is 5.61. The molecule has 30 heavy (non-hydrogen) atoms. The molecule has 1 aromatic carbocycles. The van der Waals surface area contributed by atoms with Gasteiger partial charge in [0.15, 0.2) is 11.5 Å². The summed E-state index contributed by atoms with van der Waals surface area (Å²) in [6.07, 6.45) is 5.19. The van der Waals surface area contributed by atoms with Gasteiger partial charge in [-0.05, 0) is 70.2 Å². The van der Waals surface area contributed by atoms with Crippen molar-refractivity contribution in [2.45, 2.75) is 88.1 Å². The minimum atomic E-state index is -0.824. The molecule has 4 aliphatic rings. The molecular weight excluding hydrogens is 378 g/mol. The van der Waals surface area contributed by atoms with E-state index in [-0.39, 0.29) is 23.2 Å². The Hall–Kier alpha value is -1.30. The molecule has 5 rings (SSSR count). The Balaban J connectivity index is 1.76. The van der Waals surface area contributed by atoms with Crippen molar-refractivity contribution >= 4 is 0 Å². The summed E-state index contributed by atoms with van der Waals surface area (Å²) in [5, 5.41) is 22.4. The van der Waals surface area contributed by atoms with Crippen LogP contribution in [0.25, 0.3) is 0 Å². The van der Waals surface area contributed by atoms with Gasteiger partial charge < -0.3 is 24.6 Å². The fourth-order valence-electron chi connectivity index (χ4n) is 8.11. The van der Waals surface area contributed by atoms with E-state index >= 15 is 0 Å². The average Bonchev–Trinajstić information content (AvgIpc) is 3.07. The second-order valence-electron chi connectivity index (χ2n) is 10.5. The summed E-state index contributed by atoms with van der Waals surface area (Å²) in [4.78, 5) is 2.51. The van der Waals surface area contributed by atoms with Crippen LogP contribution >= 0.6 is 0 Å². The fourth-order valence-corrected chi connectivity index (χ4v) is 8.11. The molecule has 2 heterocycles. The van der Waals surface area contributed by atoms with Gasteiger partial charge in [-0.15, -0.1) is 0 Å². The van der Waals surface area contributed by atoms with Crippen LogP contribution in [0.2, 0.25) is 0 Å². The molecule has 2 N–H and O–H groups in total. The van der Waals surface area contributed by atoms with Crippen LogP contribution in [0, 0.1) is 11.8 Å². The Morgan fingerprint density at radius 3 is 2.77 bits per heavy atom. The molecule has 166 valence electrons. The number of hydrogen-bond acceptors (Lipinski definition) is 5. The number of aromatic hydroxyl groups is 1.